The zero-order chi connectivity index (χ0) is 16.1. The van der Waals surface area contributed by atoms with Crippen molar-refractivity contribution in [2.45, 2.75) is 38.2 Å². The van der Waals surface area contributed by atoms with Crippen LogP contribution in [-0.4, -0.2) is 41.7 Å². The number of likely N-dealkylation sites (tertiary alicyclic amines) is 1. The second-order valence-electron chi connectivity index (χ2n) is 6.55. The van der Waals surface area contributed by atoms with Crippen LogP contribution in [0.2, 0.25) is 0 Å². The van der Waals surface area contributed by atoms with Crippen LogP contribution in [0.25, 0.3) is 6.08 Å². The first-order valence-electron chi connectivity index (χ1n) is 8.59. The van der Waals surface area contributed by atoms with Crippen LogP contribution in [-0.2, 0) is 4.79 Å². The van der Waals surface area contributed by atoms with Gasteiger partial charge in [-0.1, -0.05) is 12.1 Å². The molecule has 2 aliphatic rings. The Morgan fingerprint density at radius 3 is 2.87 bits per heavy atom. The molecule has 0 bridgehead atoms. The molecule has 4 heteroatoms. The zero-order valence-corrected chi connectivity index (χ0v) is 13.5. The van der Waals surface area contributed by atoms with Gasteiger partial charge in [0, 0.05) is 31.7 Å². The van der Waals surface area contributed by atoms with Gasteiger partial charge in [-0.05, 0) is 55.9 Å². The highest BCUT2D eigenvalue weighted by Gasteiger charge is 2.24. The third-order valence-electron chi connectivity index (χ3n) is 4.74. The van der Waals surface area contributed by atoms with Crippen molar-refractivity contribution in [3.05, 3.63) is 35.9 Å². The fourth-order valence-electron chi connectivity index (χ4n) is 3.34. The van der Waals surface area contributed by atoms with E-state index in [-0.39, 0.29) is 18.4 Å². The summed E-state index contributed by atoms with van der Waals surface area (Å²) in [5.41, 5.74) is 0.978. The van der Waals surface area contributed by atoms with E-state index in [1.54, 1.807) is 11.0 Å². The Kier molecular flexibility index (Phi) is 5.34. The van der Waals surface area contributed by atoms with Crippen molar-refractivity contribution in [1.29, 1.82) is 0 Å². The molecule has 124 valence electrons. The standard InChI is InChI=1S/C19H25NO3/c21-14-16-10-11-20(13-16)19(22)9-8-15-4-3-7-18(12-15)23-17-5-1-2-6-17/h3-4,7-9,12,16-17,21H,1-2,5-6,10-11,13-14H2/b9-8+. The van der Waals surface area contributed by atoms with E-state index in [0.29, 0.717) is 12.6 Å². The Hall–Kier alpha value is -1.81. The lowest BCUT2D eigenvalue weighted by Gasteiger charge is -2.14. The molecular formula is C19H25NO3. The minimum Gasteiger partial charge on any atom is -0.490 e. The van der Waals surface area contributed by atoms with Crippen LogP contribution < -0.4 is 4.74 Å². The smallest absolute Gasteiger partial charge is 0.246 e. The first-order valence-corrected chi connectivity index (χ1v) is 8.59. The van der Waals surface area contributed by atoms with Gasteiger partial charge in [0.15, 0.2) is 0 Å². The van der Waals surface area contributed by atoms with E-state index < -0.39 is 0 Å². The third-order valence-corrected chi connectivity index (χ3v) is 4.74. The largest absolute Gasteiger partial charge is 0.490 e. The molecule has 1 aliphatic heterocycles. The van der Waals surface area contributed by atoms with Crippen molar-refractivity contribution in [3.8, 4) is 5.75 Å². The summed E-state index contributed by atoms with van der Waals surface area (Å²) in [6.45, 7) is 1.55. The number of carbonyl (C=O) groups is 1. The van der Waals surface area contributed by atoms with E-state index in [1.807, 2.05) is 30.3 Å². The van der Waals surface area contributed by atoms with Gasteiger partial charge < -0.3 is 14.7 Å². The minimum atomic E-state index is 0.0167. The number of benzene rings is 1. The highest BCUT2D eigenvalue weighted by molar-refractivity contribution is 5.92. The normalized spacial score (nSPS) is 22.1. The van der Waals surface area contributed by atoms with Gasteiger partial charge >= 0.3 is 0 Å². The maximum atomic E-state index is 12.2. The van der Waals surface area contributed by atoms with Crippen LogP contribution in [0.1, 0.15) is 37.7 Å². The maximum absolute atomic E-state index is 12.2. The summed E-state index contributed by atoms with van der Waals surface area (Å²) in [4.78, 5) is 14.0. The van der Waals surface area contributed by atoms with Crippen molar-refractivity contribution in [2.24, 2.45) is 5.92 Å². The zero-order valence-electron chi connectivity index (χ0n) is 13.5. The summed E-state index contributed by atoms with van der Waals surface area (Å²) >= 11 is 0. The molecule has 23 heavy (non-hydrogen) atoms. The van der Waals surface area contributed by atoms with Crippen molar-refractivity contribution in [3.63, 3.8) is 0 Å². The average Bonchev–Trinajstić information content (AvgIpc) is 3.24. The first kappa shape index (κ1) is 16.1. The van der Waals surface area contributed by atoms with Gasteiger partial charge in [-0.25, -0.2) is 0 Å². The van der Waals surface area contributed by atoms with Crippen LogP contribution in [0.3, 0.4) is 0 Å². The van der Waals surface area contributed by atoms with E-state index in [1.165, 1.54) is 12.8 Å². The summed E-state index contributed by atoms with van der Waals surface area (Å²) in [6, 6.07) is 7.91. The summed E-state index contributed by atoms with van der Waals surface area (Å²) in [5, 5.41) is 9.15. The monoisotopic (exact) mass is 315 g/mol. The molecule has 1 saturated heterocycles. The number of hydrogen-bond donors (Lipinski definition) is 1. The number of nitrogens with zero attached hydrogens (tertiary/aromatic N) is 1. The average molecular weight is 315 g/mol. The van der Waals surface area contributed by atoms with Crippen LogP contribution >= 0.6 is 0 Å². The molecule has 0 spiro atoms. The molecule has 1 saturated carbocycles. The lowest BCUT2D eigenvalue weighted by molar-refractivity contribution is -0.125. The van der Waals surface area contributed by atoms with E-state index in [2.05, 4.69) is 0 Å². The van der Waals surface area contributed by atoms with Gasteiger partial charge in [0.25, 0.3) is 0 Å². The van der Waals surface area contributed by atoms with Gasteiger partial charge in [-0.15, -0.1) is 0 Å². The topological polar surface area (TPSA) is 49.8 Å². The molecule has 1 N–H and O–H groups in total. The minimum absolute atomic E-state index is 0.0167. The predicted molar refractivity (Wildman–Crippen MR) is 90.1 cm³/mol. The lowest BCUT2D eigenvalue weighted by atomic mass is 10.1. The number of aliphatic hydroxyl groups excluding tert-OH is 1. The molecule has 1 atom stereocenters. The molecule has 1 aromatic carbocycles. The first-order chi connectivity index (χ1) is 11.2. The van der Waals surface area contributed by atoms with Crippen LogP contribution in [0.5, 0.6) is 5.75 Å². The van der Waals surface area contributed by atoms with E-state index >= 15 is 0 Å². The van der Waals surface area contributed by atoms with Crippen molar-refractivity contribution < 1.29 is 14.6 Å². The van der Waals surface area contributed by atoms with Crippen molar-refractivity contribution >= 4 is 12.0 Å². The lowest BCUT2D eigenvalue weighted by Crippen LogP contribution is -2.27. The Labute approximate surface area is 137 Å². The van der Waals surface area contributed by atoms with Crippen LogP contribution in [0, 0.1) is 5.92 Å². The number of aliphatic hydroxyl groups is 1. The molecule has 1 amide bonds. The highest BCUT2D eigenvalue weighted by atomic mass is 16.5. The van der Waals surface area contributed by atoms with E-state index in [0.717, 1.165) is 37.1 Å². The number of hydrogen-bond acceptors (Lipinski definition) is 3. The fourth-order valence-corrected chi connectivity index (χ4v) is 3.34. The molecule has 0 aromatic heterocycles. The Balaban J connectivity index is 1.57. The molecule has 1 aliphatic carbocycles. The number of rotatable bonds is 5. The van der Waals surface area contributed by atoms with E-state index in [4.69, 9.17) is 9.84 Å². The number of amides is 1. The van der Waals surface area contributed by atoms with Gasteiger partial charge in [-0.2, -0.15) is 0 Å². The molecule has 1 heterocycles. The van der Waals surface area contributed by atoms with E-state index in [9.17, 15) is 4.79 Å². The highest BCUT2D eigenvalue weighted by Crippen LogP contribution is 2.25. The second-order valence-corrected chi connectivity index (χ2v) is 6.55. The predicted octanol–water partition coefficient (Wildman–Crippen LogP) is 2.86. The van der Waals surface area contributed by atoms with Crippen molar-refractivity contribution in [2.75, 3.05) is 19.7 Å². The Bertz CT molecular complexity index is 563. The Morgan fingerprint density at radius 2 is 2.13 bits per heavy atom. The summed E-state index contributed by atoms with van der Waals surface area (Å²) in [6.07, 6.45) is 9.48. The van der Waals surface area contributed by atoms with Crippen LogP contribution in [0.4, 0.5) is 0 Å². The van der Waals surface area contributed by atoms with Crippen molar-refractivity contribution in [1.82, 2.24) is 4.90 Å². The molecule has 0 radical (unpaired) electrons. The number of ether oxygens (including phenoxy) is 1. The molecule has 4 nitrogen and oxygen atoms in total. The fraction of sp³-hybridized carbons (Fsp3) is 0.526. The molecule has 3 rings (SSSR count). The summed E-state index contributed by atoms with van der Waals surface area (Å²) in [7, 11) is 0. The number of carbonyl (C=O) groups excluding carboxylic acids is 1. The SMILES string of the molecule is O=C(/C=C/c1cccc(OC2CCCC2)c1)N1CCC(CO)C1. The maximum Gasteiger partial charge on any atom is 0.246 e. The van der Waals surface area contributed by atoms with Gasteiger partial charge in [0.1, 0.15) is 5.75 Å². The second kappa shape index (κ2) is 7.64. The van der Waals surface area contributed by atoms with Crippen LogP contribution in [0.15, 0.2) is 30.3 Å². The Morgan fingerprint density at radius 1 is 1.30 bits per heavy atom. The third kappa shape index (κ3) is 4.35. The summed E-state index contributed by atoms with van der Waals surface area (Å²) < 4.78 is 5.99. The van der Waals surface area contributed by atoms with Gasteiger partial charge in [0.2, 0.25) is 5.91 Å². The quantitative estimate of drug-likeness (QED) is 0.850. The summed E-state index contributed by atoms with van der Waals surface area (Å²) in [5.74, 6) is 1.13. The molecule has 2 fully saturated rings. The van der Waals surface area contributed by atoms with Gasteiger partial charge in [0.05, 0.1) is 6.10 Å². The molecule has 1 unspecified atom stereocenters. The molecular weight excluding hydrogens is 290 g/mol. The molecule has 1 aromatic rings. The van der Waals surface area contributed by atoms with Gasteiger partial charge in [-0.3, -0.25) is 4.79 Å².